The van der Waals surface area contributed by atoms with Gasteiger partial charge in [0.2, 0.25) is 5.91 Å². The van der Waals surface area contributed by atoms with Crippen molar-refractivity contribution in [3.63, 3.8) is 0 Å². The van der Waals surface area contributed by atoms with Crippen molar-refractivity contribution in [3.8, 4) is 0 Å². The van der Waals surface area contributed by atoms with Crippen LogP contribution in [0.3, 0.4) is 0 Å². The third-order valence-electron chi connectivity index (χ3n) is 4.35. The van der Waals surface area contributed by atoms with Crippen molar-refractivity contribution < 1.29 is 4.79 Å². The number of nitrogens with zero attached hydrogens (tertiary/aromatic N) is 2. The van der Waals surface area contributed by atoms with Gasteiger partial charge in [0, 0.05) is 6.54 Å². The molecule has 1 rings (SSSR count). The fraction of sp³-hybridized carbons (Fsp3) is 0.938. The molecule has 118 valence electrons. The van der Waals surface area contributed by atoms with E-state index in [-0.39, 0.29) is 12.2 Å². The molecule has 1 amide bonds. The van der Waals surface area contributed by atoms with E-state index in [4.69, 9.17) is 0 Å². The quantitative estimate of drug-likeness (QED) is 0.669. The van der Waals surface area contributed by atoms with E-state index in [9.17, 15) is 4.79 Å². The van der Waals surface area contributed by atoms with Crippen molar-refractivity contribution in [2.75, 3.05) is 26.2 Å². The van der Waals surface area contributed by atoms with E-state index in [1.54, 1.807) is 0 Å². The van der Waals surface area contributed by atoms with Crippen LogP contribution in [0.5, 0.6) is 0 Å². The van der Waals surface area contributed by atoms with E-state index >= 15 is 0 Å². The van der Waals surface area contributed by atoms with Crippen molar-refractivity contribution >= 4 is 5.91 Å². The number of amides is 1. The van der Waals surface area contributed by atoms with Gasteiger partial charge in [0.25, 0.3) is 0 Å². The second-order valence-electron chi connectivity index (χ2n) is 5.70. The molecular formula is C16H33N3O. The molecule has 1 aliphatic heterocycles. The van der Waals surface area contributed by atoms with E-state index in [1.807, 2.05) is 0 Å². The van der Waals surface area contributed by atoms with Crippen molar-refractivity contribution in [3.05, 3.63) is 0 Å². The Balaban J connectivity index is 2.43. The summed E-state index contributed by atoms with van der Waals surface area (Å²) in [6.45, 7) is 12.9. The number of carbonyl (C=O) groups is 1. The Morgan fingerprint density at radius 1 is 1.15 bits per heavy atom. The zero-order chi connectivity index (χ0) is 15.0. The molecule has 1 saturated heterocycles. The lowest BCUT2D eigenvalue weighted by Gasteiger charge is -2.25. The van der Waals surface area contributed by atoms with E-state index in [1.165, 1.54) is 0 Å². The monoisotopic (exact) mass is 283 g/mol. The van der Waals surface area contributed by atoms with Crippen LogP contribution in [0.1, 0.15) is 59.8 Å². The Bertz CT molecular complexity index is 279. The van der Waals surface area contributed by atoms with Gasteiger partial charge in [0.1, 0.15) is 0 Å². The van der Waals surface area contributed by atoms with Crippen LogP contribution in [0.25, 0.3) is 0 Å². The Morgan fingerprint density at radius 2 is 1.85 bits per heavy atom. The second kappa shape index (κ2) is 9.35. The summed E-state index contributed by atoms with van der Waals surface area (Å²) in [6, 6.07) is 0.0633. The first-order valence-corrected chi connectivity index (χ1v) is 8.46. The fourth-order valence-electron chi connectivity index (χ4n) is 2.97. The highest BCUT2D eigenvalue weighted by atomic mass is 16.2. The molecule has 4 nitrogen and oxygen atoms in total. The Morgan fingerprint density at radius 3 is 2.40 bits per heavy atom. The normalized spacial score (nSPS) is 23.1. The van der Waals surface area contributed by atoms with E-state index < -0.39 is 0 Å². The van der Waals surface area contributed by atoms with E-state index in [2.05, 4.69) is 42.8 Å². The third kappa shape index (κ3) is 4.74. The Kier molecular flexibility index (Phi) is 8.15. The van der Waals surface area contributed by atoms with Gasteiger partial charge >= 0.3 is 0 Å². The summed E-state index contributed by atoms with van der Waals surface area (Å²) in [5.41, 5.74) is 0. The first-order chi connectivity index (χ1) is 9.67. The van der Waals surface area contributed by atoms with Crippen LogP contribution in [-0.4, -0.2) is 54.1 Å². The van der Waals surface area contributed by atoms with Crippen LogP contribution >= 0.6 is 0 Å². The first-order valence-electron chi connectivity index (χ1n) is 8.46. The first kappa shape index (κ1) is 17.4. The number of nitrogens with one attached hydrogen (secondary N) is 1. The minimum absolute atomic E-state index is 0.0633. The van der Waals surface area contributed by atoms with Crippen LogP contribution in [0.2, 0.25) is 0 Å². The largest absolute Gasteiger partial charge is 0.326 e. The molecule has 1 N–H and O–H groups in total. The minimum atomic E-state index is 0.0633. The summed E-state index contributed by atoms with van der Waals surface area (Å²) >= 11 is 0. The number of unbranched alkanes of at least 4 members (excludes halogenated alkanes) is 1. The minimum Gasteiger partial charge on any atom is -0.326 e. The van der Waals surface area contributed by atoms with Gasteiger partial charge in [0.15, 0.2) is 0 Å². The summed E-state index contributed by atoms with van der Waals surface area (Å²) in [7, 11) is 0. The smallest absolute Gasteiger partial charge is 0.241 e. The fourth-order valence-corrected chi connectivity index (χ4v) is 2.97. The summed E-state index contributed by atoms with van der Waals surface area (Å²) in [4.78, 5) is 16.9. The number of hydrogen-bond acceptors (Lipinski definition) is 3. The predicted molar refractivity (Wildman–Crippen MR) is 84.6 cm³/mol. The van der Waals surface area contributed by atoms with Crippen LogP contribution in [0.15, 0.2) is 0 Å². The van der Waals surface area contributed by atoms with Crippen LogP contribution in [0.4, 0.5) is 0 Å². The molecule has 1 heterocycles. The molecule has 0 aromatic heterocycles. The number of rotatable bonds is 10. The molecule has 0 saturated carbocycles. The third-order valence-corrected chi connectivity index (χ3v) is 4.35. The maximum atomic E-state index is 12.4. The molecule has 0 spiro atoms. The average molecular weight is 283 g/mol. The molecule has 0 radical (unpaired) electrons. The van der Waals surface area contributed by atoms with Gasteiger partial charge in [-0.3, -0.25) is 10.1 Å². The Labute approximate surface area is 124 Å². The molecule has 0 aromatic rings. The summed E-state index contributed by atoms with van der Waals surface area (Å²) in [5, 5.41) is 3.50. The van der Waals surface area contributed by atoms with Crippen molar-refractivity contribution in [1.29, 1.82) is 0 Å². The molecule has 20 heavy (non-hydrogen) atoms. The van der Waals surface area contributed by atoms with Gasteiger partial charge in [-0.25, -0.2) is 0 Å². The summed E-state index contributed by atoms with van der Waals surface area (Å²) in [5.74, 6) is 0.324. The summed E-state index contributed by atoms with van der Waals surface area (Å²) in [6.07, 6.45) is 5.60. The molecule has 0 aromatic carbocycles. The molecule has 2 atom stereocenters. The average Bonchev–Trinajstić information content (AvgIpc) is 2.77. The topological polar surface area (TPSA) is 35.6 Å². The summed E-state index contributed by atoms with van der Waals surface area (Å²) < 4.78 is 0. The van der Waals surface area contributed by atoms with Gasteiger partial charge < -0.3 is 9.80 Å². The van der Waals surface area contributed by atoms with Crippen molar-refractivity contribution in [2.24, 2.45) is 0 Å². The van der Waals surface area contributed by atoms with Gasteiger partial charge in [-0.2, -0.15) is 0 Å². The molecule has 0 aliphatic carbocycles. The zero-order valence-corrected chi connectivity index (χ0v) is 13.8. The maximum Gasteiger partial charge on any atom is 0.241 e. The molecule has 1 aliphatic rings. The molecular weight excluding hydrogens is 250 g/mol. The predicted octanol–water partition coefficient (Wildman–Crippen LogP) is 2.45. The lowest BCUT2D eigenvalue weighted by Crippen LogP contribution is -2.38. The van der Waals surface area contributed by atoms with Gasteiger partial charge in [-0.1, -0.05) is 40.5 Å². The second-order valence-corrected chi connectivity index (χ2v) is 5.70. The lowest BCUT2D eigenvalue weighted by atomic mass is 10.1. The molecule has 4 heteroatoms. The SMILES string of the molecule is CCCCC1NC(CC)N(CCCN(CC)CC)C1=O. The van der Waals surface area contributed by atoms with Gasteiger partial charge in [0.05, 0.1) is 12.2 Å². The zero-order valence-electron chi connectivity index (χ0n) is 13.8. The number of hydrogen-bond donors (Lipinski definition) is 1. The standard InChI is InChI=1S/C16H33N3O/c1-5-9-11-14-16(20)19(15(6-2)17-14)13-10-12-18(7-3)8-4/h14-15,17H,5-13H2,1-4H3. The van der Waals surface area contributed by atoms with Gasteiger partial charge in [-0.05, 0) is 38.9 Å². The molecule has 2 unspecified atom stereocenters. The highest BCUT2D eigenvalue weighted by Gasteiger charge is 2.36. The highest BCUT2D eigenvalue weighted by molar-refractivity contribution is 5.84. The van der Waals surface area contributed by atoms with Crippen LogP contribution < -0.4 is 5.32 Å². The van der Waals surface area contributed by atoms with E-state index in [0.717, 1.165) is 58.3 Å². The lowest BCUT2D eigenvalue weighted by molar-refractivity contribution is -0.130. The molecule has 1 fully saturated rings. The Hall–Kier alpha value is -0.610. The van der Waals surface area contributed by atoms with Crippen LogP contribution in [0, 0.1) is 0 Å². The van der Waals surface area contributed by atoms with Crippen LogP contribution in [-0.2, 0) is 4.79 Å². The maximum absolute atomic E-state index is 12.4. The van der Waals surface area contributed by atoms with Crippen molar-refractivity contribution in [1.82, 2.24) is 15.1 Å². The number of carbonyl (C=O) groups excluding carboxylic acids is 1. The van der Waals surface area contributed by atoms with E-state index in [0.29, 0.717) is 5.91 Å². The highest BCUT2D eigenvalue weighted by Crippen LogP contribution is 2.17. The molecule has 0 bridgehead atoms. The van der Waals surface area contributed by atoms with Gasteiger partial charge in [-0.15, -0.1) is 0 Å². The van der Waals surface area contributed by atoms with Crippen molar-refractivity contribution in [2.45, 2.75) is 72.0 Å².